The van der Waals surface area contributed by atoms with Crippen LogP contribution in [0.5, 0.6) is 11.5 Å². The maximum atomic E-state index is 14.2. The van der Waals surface area contributed by atoms with Gasteiger partial charge in [0.15, 0.2) is 0 Å². The first kappa shape index (κ1) is 31.4. The highest BCUT2D eigenvalue weighted by atomic mass is 79.9. The molecule has 0 saturated heterocycles. The van der Waals surface area contributed by atoms with E-state index in [-0.39, 0.29) is 34.8 Å². The number of carbonyl (C=O) groups excluding carboxylic acids is 2. The number of ether oxygens (including phenoxy) is 2. The summed E-state index contributed by atoms with van der Waals surface area (Å²) in [5.41, 5.74) is 0.934. The maximum Gasteiger partial charge on any atom is 0.264 e. The fourth-order valence-corrected chi connectivity index (χ4v) is 6.69. The Morgan fingerprint density at radius 3 is 2.26 bits per heavy atom. The molecular weight excluding hydrogens is 622 g/mol. The summed E-state index contributed by atoms with van der Waals surface area (Å²) >= 11 is 3.43. The van der Waals surface area contributed by atoms with Crippen LogP contribution in [0.15, 0.2) is 82.2 Å². The lowest BCUT2D eigenvalue weighted by atomic mass is 10.1. The molecule has 4 rings (SSSR count). The van der Waals surface area contributed by atoms with Crippen molar-refractivity contribution in [2.45, 2.75) is 56.1 Å². The molecule has 1 N–H and O–H groups in total. The molecule has 0 aliphatic heterocycles. The first-order valence-corrected chi connectivity index (χ1v) is 16.0. The fourth-order valence-electron chi connectivity index (χ4n) is 4.99. The molecule has 1 aliphatic rings. The number of methoxy groups -OCH3 is 2. The molecule has 1 aliphatic carbocycles. The molecule has 42 heavy (non-hydrogen) atoms. The van der Waals surface area contributed by atoms with Crippen LogP contribution in [-0.2, 0) is 26.2 Å². The average molecular weight is 659 g/mol. The van der Waals surface area contributed by atoms with Crippen molar-refractivity contribution in [1.82, 2.24) is 10.2 Å². The SMILES string of the molecule is COc1ccc(OC)c(N(CC(=O)N(Cc2ccc(Br)cc2)[C@H](C)C(=O)NC2CCCC2)S(=O)(=O)c2ccccc2)c1. The van der Waals surface area contributed by atoms with Crippen molar-refractivity contribution in [2.24, 2.45) is 0 Å². The second-order valence-corrected chi connectivity index (χ2v) is 13.0. The van der Waals surface area contributed by atoms with Crippen LogP contribution >= 0.6 is 15.9 Å². The number of rotatable bonds is 12. The summed E-state index contributed by atoms with van der Waals surface area (Å²) in [7, 11) is -1.34. The third kappa shape index (κ3) is 7.43. The summed E-state index contributed by atoms with van der Waals surface area (Å²) in [6, 6.07) is 19.3. The number of carbonyl (C=O) groups is 2. The van der Waals surface area contributed by atoms with E-state index in [2.05, 4.69) is 21.2 Å². The molecule has 2 amide bonds. The van der Waals surface area contributed by atoms with Crippen LogP contribution in [0.2, 0.25) is 0 Å². The molecule has 0 spiro atoms. The lowest BCUT2D eigenvalue weighted by Crippen LogP contribution is -2.52. The Hall–Kier alpha value is -3.57. The molecule has 3 aromatic carbocycles. The lowest BCUT2D eigenvalue weighted by Gasteiger charge is -2.33. The van der Waals surface area contributed by atoms with Crippen molar-refractivity contribution >= 4 is 43.5 Å². The molecule has 1 atom stereocenters. The van der Waals surface area contributed by atoms with E-state index in [4.69, 9.17) is 9.47 Å². The fraction of sp³-hybridized carbons (Fsp3) is 0.355. The second-order valence-electron chi connectivity index (χ2n) is 10.2. The van der Waals surface area contributed by atoms with E-state index < -0.39 is 28.5 Å². The topological polar surface area (TPSA) is 105 Å². The van der Waals surface area contributed by atoms with E-state index >= 15 is 0 Å². The minimum Gasteiger partial charge on any atom is -0.497 e. The normalized spacial score (nSPS) is 14.2. The van der Waals surface area contributed by atoms with Gasteiger partial charge in [-0.15, -0.1) is 0 Å². The zero-order valence-electron chi connectivity index (χ0n) is 24.0. The van der Waals surface area contributed by atoms with Gasteiger partial charge in [-0.25, -0.2) is 8.42 Å². The van der Waals surface area contributed by atoms with Crippen molar-refractivity contribution in [1.29, 1.82) is 0 Å². The number of sulfonamides is 1. The van der Waals surface area contributed by atoms with Crippen molar-refractivity contribution in [2.75, 3.05) is 25.1 Å². The van der Waals surface area contributed by atoms with Crippen molar-refractivity contribution in [3.63, 3.8) is 0 Å². The van der Waals surface area contributed by atoms with Gasteiger partial charge in [-0.2, -0.15) is 0 Å². The number of halogens is 1. The van der Waals surface area contributed by atoms with Crippen molar-refractivity contribution in [3.8, 4) is 11.5 Å². The molecule has 9 nitrogen and oxygen atoms in total. The van der Waals surface area contributed by atoms with E-state index in [1.807, 2.05) is 24.3 Å². The van der Waals surface area contributed by atoms with Gasteiger partial charge in [0.2, 0.25) is 11.8 Å². The van der Waals surface area contributed by atoms with Gasteiger partial charge in [0.25, 0.3) is 10.0 Å². The Kier molecular flexibility index (Phi) is 10.5. The highest BCUT2D eigenvalue weighted by molar-refractivity contribution is 9.10. The highest BCUT2D eigenvalue weighted by Crippen LogP contribution is 2.36. The number of hydrogen-bond acceptors (Lipinski definition) is 6. The largest absolute Gasteiger partial charge is 0.497 e. The quantitative estimate of drug-likeness (QED) is 0.289. The second kappa shape index (κ2) is 14.1. The third-order valence-corrected chi connectivity index (χ3v) is 9.70. The Morgan fingerprint density at radius 1 is 0.976 bits per heavy atom. The van der Waals surface area contributed by atoms with Gasteiger partial charge < -0.3 is 19.7 Å². The molecule has 3 aromatic rings. The number of amides is 2. The molecule has 0 bridgehead atoms. The van der Waals surface area contributed by atoms with Crippen LogP contribution in [0.3, 0.4) is 0 Å². The van der Waals surface area contributed by atoms with E-state index in [1.54, 1.807) is 37.3 Å². The number of hydrogen-bond donors (Lipinski definition) is 1. The van der Waals surface area contributed by atoms with Crippen molar-refractivity contribution < 1.29 is 27.5 Å². The molecule has 0 radical (unpaired) electrons. The molecule has 1 fully saturated rings. The molecule has 0 aromatic heterocycles. The predicted octanol–water partition coefficient (Wildman–Crippen LogP) is 5.14. The van der Waals surface area contributed by atoms with Crippen LogP contribution in [-0.4, -0.2) is 58.0 Å². The van der Waals surface area contributed by atoms with Crippen molar-refractivity contribution in [3.05, 3.63) is 82.8 Å². The number of benzene rings is 3. The summed E-state index contributed by atoms with van der Waals surface area (Å²) in [5.74, 6) is -0.183. The predicted molar refractivity (Wildman–Crippen MR) is 165 cm³/mol. The first-order chi connectivity index (χ1) is 20.1. The zero-order valence-corrected chi connectivity index (χ0v) is 26.4. The smallest absolute Gasteiger partial charge is 0.264 e. The molecule has 1 saturated carbocycles. The molecule has 0 heterocycles. The Morgan fingerprint density at radius 2 is 1.64 bits per heavy atom. The van der Waals surface area contributed by atoms with E-state index in [1.165, 1.54) is 37.3 Å². The van der Waals surface area contributed by atoms with Gasteiger partial charge in [0.1, 0.15) is 24.1 Å². The van der Waals surface area contributed by atoms with E-state index in [0.29, 0.717) is 5.75 Å². The van der Waals surface area contributed by atoms with Crippen LogP contribution in [0.1, 0.15) is 38.2 Å². The van der Waals surface area contributed by atoms with Gasteiger partial charge in [-0.1, -0.05) is 59.1 Å². The Bertz CT molecular complexity index is 1480. The minimum absolute atomic E-state index is 0.00848. The lowest BCUT2D eigenvalue weighted by molar-refractivity contribution is -0.139. The van der Waals surface area contributed by atoms with Gasteiger partial charge >= 0.3 is 0 Å². The standard InChI is InChI=1S/C31H36BrN3O6S/c1-22(31(37)33-25-9-7-8-10-25)34(20-23-13-15-24(32)16-14-23)30(36)21-35(42(38,39)27-11-5-4-6-12-27)28-19-26(40-2)17-18-29(28)41-3/h4-6,11-19,22,25H,7-10,20-21H2,1-3H3,(H,33,37)/t22-/m1/s1. The number of nitrogens with zero attached hydrogens (tertiary/aromatic N) is 2. The number of nitrogens with one attached hydrogen (secondary N) is 1. The summed E-state index contributed by atoms with van der Waals surface area (Å²) < 4.78 is 40.9. The summed E-state index contributed by atoms with van der Waals surface area (Å²) in [5, 5.41) is 3.07. The Labute approximate surface area is 256 Å². The monoisotopic (exact) mass is 657 g/mol. The Balaban J connectivity index is 1.74. The van der Waals surface area contributed by atoms with Gasteiger partial charge in [0, 0.05) is 23.1 Å². The molecular formula is C31H36BrN3O6S. The van der Waals surface area contributed by atoms with E-state index in [9.17, 15) is 18.0 Å². The summed E-state index contributed by atoms with van der Waals surface area (Å²) in [6.45, 7) is 1.21. The molecule has 11 heteroatoms. The summed E-state index contributed by atoms with van der Waals surface area (Å²) in [4.78, 5) is 29.0. The van der Waals surface area contributed by atoms with Crippen LogP contribution in [0.25, 0.3) is 0 Å². The molecule has 224 valence electrons. The van der Waals surface area contributed by atoms with Crippen LogP contribution in [0.4, 0.5) is 5.69 Å². The van der Waals surface area contributed by atoms with Gasteiger partial charge in [0.05, 0.1) is 24.8 Å². The highest BCUT2D eigenvalue weighted by Gasteiger charge is 2.34. The van der Waals surface area contributed by atoms with E-state index in [0.717, 1.165) is 40.0 Å². The molecule has 0 unspecified atom stereocenters. The first-order valence-electron chi connectivity index (χ1n) is 13.8. The zero-order chi connectivity index (χ0) is 30.3. The van der Waals surface area contributed by atoms with Gasteiger partial charge in [-0.05, 0) is 61.7 Å². The average Bonchev–Trinajstić information content (AvgIpc) is 3.52. The van der Waals surface area contributed by atoms with Crippen LogP contribution < -0.4 is 19.1 Å². The summed E-state index contributed by atoms with van der Waals surface area (Å²) in [6.07, 6.45) is 3.90. The third-order valence-electron chi connectivity index (χ3n) is 7.40. The minimum atomic E-state index is -4.24. The van der Waals surface area contributed by atoms with Crippen LogP contribution in [0, 0.1) is 0 Å². The van der Waals surface area contributed by atoms with Gasteiger partial charge in [-0.3, -0.25) is 13.9 Å². The number of anilines is 1. The maximum absolute atomic E-state index is 14.2.